The molecule has 0 N–H and O–H groups in total. The fourth-order valence-electron chi connectivity index (χ4n) is 1.93. The van der Waals surface area contributed by atoms with Crippen molar-refractivity contribution in [2.45, 2.75) is 6.92 Å². The van der Waals surface area contributed by atoms with Crippen molar-refractivity contribution >= 4 is 17.4 Å². The van der Waals surface area contributed by atoms with Crippen LogP contribution in [-0.2, 0) is 0 Å². The van der Waals surface area contributed by atoms with Crippen LogP contribution in [0.5, 0.6) is 0 Å². The molecule has 96 valence electrons. The van der Waals surface area contributed by atoms with Crippen LogP contribution in [0.3, 0.4) is 0 Å². The first-order chi connectivity index (χ1) is 9.09. The molecule has 3 aromatic rings. The lowest BCUT2D eigenvalue weighted by molar-refractivity contribution is 0.589. The van der Waals surface area contributed by atoms with E-state index in [4.69, 9.17) is 11.6 Å². The fourth-order valence-corrected chi connectivity index (χ4v) is 2.28. The summed E-state index contributed by atoms with van der Waals surface area (Å²) in [6.07, 6.45) is 1.27. The molecule has 0 aliphatic rings. The third kappa shape index (κ3) is 1.76. The molecule has 3 rings (SSSR count). The molecule has 0 unspecified atom stereocenters. The Morgan fingerprint density at radius 3 is 2.53 bits per heavy atom. The molecule has 19 heavy (non-hydrogen) atoms. The Hall–Kier alpha value is -2.08. The molecule has 0 saturated carbocycles. The number of hydrogen-bond acceptors (Lipinski definition) is 3. The van der Waals surface area contributed by atoms with Crippen molar-refractivity contribution in [2.75, 3.05) is 0 Å². The molecule has 0 bridgehead atoms. The number of benzene rings is 1. The van der Waals surface area contributed by atoms with E-state index in [1.54, 1.807) is 6.92 Å². The van der Waals surface area contributed by atoms with Crippen molar-refractivity contribution in [3.05, 3.63) is 47.0 Å². The summed E-state index contributed by atoms with van der Waals surface area (Å²) in [7, 11) is 0. The molecule has 0 spiro atoms. The van der Waals surface area contributed by atoms with E-state index >= 15 is 0 Å². The Morgan fingerprint density at radius 1 is 1.16 bits per heavy atom. The van der Waals surface area contributed by atoms with Crippen LogP contribution in [-0.4, -0.2) is 19.6 Å². The summed E-state index contributed by atoms with van der Waals surface area (Å²) in [5, 5.41) is 3.94. The second-order valence-electron chi connectivity index (χ2n) is 3.93. The predicted molar refractivity (Wildman–Crippen MR) is 65.9 cm³/mol. The van der Waals surface area contributed by atoms with Gasteiger partial charge < -0.3 is 0 Å². The maximum Gasteiger partial charge on any atom is 0.253 e. The third-order valence-electron chi connectivity index (χ3n) is 2.76. The van der Waals surface area contributed by atoms with Crippen molar-refractivity contribution < 1.29 is 8.78 Å². The highest BCUT2D eigenvalue weighted by Gasteiger charge is 2.20. The van der Waals surface area contributed by atoms with E-state index in [0.717, 1.165) is 0 Å². The molecule has 4 nitrogen and oxygen atoms in total. The molecule has 0 atom stereocenters. The predicted octanol–water partition coefficient (Wildman–Crippen LogP) is 3.03. The van der Waals surface area contributed by atoms with Gasteiger partial charge in [0.2, 0.25) is 0 Å². The maximum absolute atomic E-state index is 13.9. The Balaban J connectivity index is 2.42. The molecular weight excluding hydrogens is 274 g/mol. The average molecular weight is 281 g/mol. The zero-order valence-corrected chi connectivity index (χ0v) is 10.5. The Labute approximate surface area is 111 Å². The Bertz CT molecular complexity index is 764. The molecule has 7 heteroatoms. The number of rotatable bonds is 1. The highest BCUT2D eigenvalue weighted by Crippen LogP contribution is 2.33. The van der Waals surface area contributed by atoms with Crippen LogP contribution in [0.15, 0.2) is 24.5 Å². The normalized spacial score (nSPS) is 11.2. The third-order valence-corrected chi connectivity index (χ3v) is 3.11. The van der Waals surface area contributed by atoms with Gasteiger partial charge in [0.25, 0.3) is 5.78 Å². The van der Waals surface area contributed by atoms with Gasteiger partial charge >= 0.3 is 0 Å². The van der Waals surface area contributed by atoms with E-state index in [9.17, 15) is 8.78 Å². The van der Waals surface area contributed by atoms with E-state index in [1.165, 1.54) is 29.0 Å². The van der Waals surface area contributed by atoms with Crippen molar-refractivity contribution in [1.29, 1.82) is 0 Å². The van der Waals surface area contributed by atoms with Crippen molar-refractivity contribution in [1.82, 2.24) is 19.6 Å². The summed E-state index contributed by atoms with van der Waals surface area (Å²) in [6.45, 7) is 1.61. The standard InChI is InChI=1S/C12H7ClF2N4/c1-6-9(10-7(14)3-2-4-8(10)15)11(13)19-12(18-6)16-5-17-19/h2-5H,1H3. The van der Waals surface area contributed by atoms with Gasteiger partial charge in [0, 0.05) is 5.56 Å². The maximum atomic E-state index is 13.9. The Kier molecular flexibility index (Phi) is 2.67. The van der Waals surface area contributed by atoms with Crippen LogP contribution in [0, 0.1) is 18.6 Å². The van der Waals surface area contributed by atoms with Gasteiger partial charge in [0.05, 0.1) is 11.3 Å². The number of hydrogen-bond donors (Lipinski definition) is 0. The lowest BCUT2D eigenvalue weighted by atomic mass is 10.0. The second-order valence-corrected chi connectivity index (χ2v) is 4.29. The largest absolute Gasteiger partial charge is 0.253 e. The number of fused-ring (bicyclic) bond motifs is 1. The quantitative estimate of drug-likeness (QED) is 0.644. The topological polar surface area (TPSA) is 43.1 Å². The first-order valence-corrected chi connectivity index (χ1v) is 5.77. The summed E-state index contributed by atoms with van der Waals surface area (Å²) in [6, 6.07) is 3.62. The van der Waals surface area contributed by atoms with Crippen LogP contribution in [0.4, 0.5) is 8.78 Å². The summed E-state index contributed by atoms with van der Waals surface area (Å²) < 4.78 is 28.9. The van der Waals surface area contributed by atoms with Gasteiger partial charge in [-0.15, -0.1) is 0 Å². The monoisotopic (exact) mass is 280 g/mol. The average Bonchev–Trinajstić information content (AvgIpc) is 2.81. The minimum absolute atomic E-state index is 0.0731. The van der Waals surface area contributed by atoms with Gasteiger partial charge in [0.1, 0.15) is 23.1 Å². The zero-order chi connectivity index (χ0) is 13.6. The highest BCUT2D eigenvalue weighted by molar-refractivity contribution is 6.32. The summed E-state index contributed by atoms with van der Waals surface area (Å²) in [5.41, 5.74) is 0.347. The van der Waals surface area contributed by atoms with Crippen LogP contribution >= 0.6 is 11.6 Å². The zero-order valence-electron chi connectivity index (χ0n) is 9.73. The molecule has 0 aliphatic carbocycles. The molecule has 0 fully saturated rings. The van der Waals surface area contributed by atoms with Gasteiger partial charge in [-0.3, -0.25) is 0 Å². The number of nitrogens with zero attached hydrogens (tertiary/aromatic N) is 4. The number of halogens is 3. The van der Waals surface area contributed by atoms with E-state index in [1.807, 2.05) is 0 Å². The van der Waals surface area contributed by atoms with Gasteiger partial charge in [-0.05, 0) is 19.1 Å². The van der Waals surface area contributed by atoms with Crippen LogP contribution in [0.25, 0.3) is 16.9 Å². The molecule has 0 radical (unpaired) electrons. The molecule has 1 aromatic carbocycles. The first kappa shape index (κ1) is 12.0. The van der Waals surface area contributed by atoms with E-state index < -0.39 is 11.6 Å². The molecule has 0 aliphatic heterocycles. The molecule has 2 heterocycles. The van der Waals surface area contributed by atoms with Gasteiger partial charge in [-0.25, -0.2) is 13.8 Å². The lowest BCUT2D eigenvalue weighted by Gasteiger charge is -2.10. The molecular formula is C12H7ClF2N4. The van der Waals surface area contributed by atoms with Crippen LogP contribution in [0.2, 0.25) is 5.15 Å². The minimum Gasteiger partial charge on any atom is -0.216 e. The minimum atomic E-state index is -0.703. The highest BCUT2D eigenvalue weighted by atomic mass is 35.5. The van der Waals surface area contributed by atoms with E-state index in [-0.39, 0.29) is 22.1 Å². The van der Waals surface area contributed by atoms with Crippen molar-refractivity contribution in [3.8, 4) is 11.1 Å². The summed E-state index contributed by atoms with van der Waals surface area (Å²) in [4.78, 5) is 8.02. The molecule has 0 amide bonds. The first-order valence-electron chi connectivity index (χ1n) is 5.40. The molecule has 2 aromatic heterocycles. The SMILES string of the molecule is Cc1nc2ncnn2c(Cl)c1-c1c(F)cccc1F. The summed E-state index contributed by atoms with van der Waals surface area (Å²) >= 11 is 6.15. The van der Waals surface area contributed by atoms with Gasteiger partial charge in [-0.1, -0.05) is 17.7 Å². The van der Waals surface area contributed by atoms with E-state index in [2.05, 4.69) is 15.1 Å². The van der Waals surface area contributed by atoms with Crippen LogP contribution in [0.1, 0.15) is 5.69 Å². The van der Waals surface area contributed by atoms with Gasteiger partial charge in [0.15, 0.2) is 0 Å². The van der Waals surface area contributed by atoms with Crippen molar-refractivity contribution in [3.63, 3.8) is 0 Å². The number of aryl methyl sites for hydroxylation is 1. The van der Waals surface area contributed by atoms with Gasteiger partial charge in [-0.2, -0.15) is 14.6 Å². The summed E-state index contributed by atoms with van der Waals surface area (Å²) in [5.74, 6) is -1.12. The van der Waals surface area contributed by atoms with Crippen LogP contribution < -0.4 is 0 Å². The number of aromatic nitrogens is 4. The Morgan fingerprint density at radius 2 is 1.84 bits per heavy atom. The second kappa shape index (κ2) is 4.24. The lowest BCUT2D eigenvalue weighted by Crippen LogP contribution is -2.02. The molecule has 0 saturated heterocycles. The fraction of sp³-hybridized carbons (Fsp3) is 0.0833. The van der Waals surface area contributed by atoms with E-state index in [0.29, 0.717) is 5.69 Å². The smallest absolute Gasteiger partial charge is 0.216 e. The van der Waals surface area contributed by atoms with Crippen molar-refractivity contribution in [2.24, 2.45) is 0 Å².